The minimum atomic E-state index is -0.184. The zero-order valence-electron chi connectivity index (χ0n) is 12.4. The lowest BCUT2D eigenvalue weighted by Gasteiger charge is -2.37. The van der Waals surface area contributed by atoms with Gasteiger partial charge in [0.05, 0.1) is 0 Å². The fraction of sp³-hybridized carbons (Fsp3) is 0.588. The molecule has 0 N–H and O–H groups in total. The molecule has 2 aliphatic rings. The molecule has 0 saturated carbocycles. The Bertz CT molecular complexity index is 474. The summed E-state index contributed by atoms with van der Waals surface area (Å²) in [5.74, 6) is 0.271. The van der Waals surface area contributed by atoms with Crippen LogP contribution in [-0.4, -0.2) is 42.0 Å². The first-order valence-corrected chi connectivity index (χ1v) is 8.03. The summed E-state index contributed by atoms with van der Waals surface area (Å²) in [6.07, 6.45) is 5.47. The highest BCUT2D eigenvalue weighted by molar-refractivity contribution is 5.74. The molecule has 0 radical (unpaired) electrons. The largest absolute Gasteiger partial charge is 0.325 e. The van der Waals surface area contributed by atoms with Crippen LogP contribution in [0.2, 0.25) is 0 Å². The van der Waals surface area contributed by atoms with Crippen LogP contribution in [0.5, 0.6) is 0 Å². The van der Waals surface area contributed by atoms with Gasteiger partial charge in [-0.2, -0.15) is 0 Å². The van der Waals surface area contributed by atoms with Gasteiger partial charge in [0.2, 0.25) is 0 Å². The number of hydrogen-bond acceptors (Lipinski definition) is 1. The molecule has 4 heteroatoms. The Morgan fingerprint density at radius 3 is 2.10 bits per heavy atom. The lowest BCUT2D eigenvalue weighted by atomic mass is 9.89. The molecule has 0 atom stereocenters. The van der Waals surface area contributed by atoms with Crippen molar-refractivity contribution in [2.24, 2.45) is 0 Å². The van der Waals surface area contributed by atoms with Crippen LogP contribution in [0.25, 0.3) is 0 Å². The average molecular weight is 290 g/mol. The van der Waals surface area contributed by atoms with Crippen LogP contribution in [0.1, 0.15) is 43.6 Å². The fourth-order valence-corrected chi connectivity index (χ4v) is 3.42. The smallest absolute Gasteiger partial charge is 0.319 e. The summed E-state index contributed by atoms with van der Waals surface area (Å²) >= 11 is 0. The lowest BCUT2D eigenvalue weighted by Crippen LogP contribution is -2.48. The van der Waals surface area contributed by atoms with Crippen LogP contribution in [0.15, 0.2) is 24.3 Å². The number of urea groups is 1. The van der Waals surface area contributed by atoms with Gasteiger partial charge >= 0.3 is 6.03 Å². The van der Waals surface area contributed by atoms with E-state index in [0.717, 1.165) is 51.9 Å². The van der Waals surface area contributed by atoms with Crippen molar-refractivity contribution in [3.63, 3.8) is 0 Å². The predicted octanol–water partition coefficient (Wildman–Crippen LogP) is 3.61. The molecule has 3 nitrogen and oxygen atoms in total. The molecule has 21 heavy (non-hydrogen) atoms. The molecule has 0 spiro atoms. The fourth-order valence-electron chi connectivity index (χ4n) is 3.42. The van der Waals surface area contributed by atoms with Gasteiger partial charge in [0.25, 0.3) is 0 Å². The molecular weight excluding hydrogens is 267 g/mol. The normalized spacial score (nSPS) is 20.6. The van der Waals surface area contributed by atoms with Crippen molar-refractivity contribution >= 4 is 6.03 Å². The first kappa shape index (κ1) is 14.4. The van der Waals surface area contributed by atoms with Crippen molar-refractivity contribution in [1.82, 2.24) is 9.80 Å². The number of halogens is 1. The van der Waals surface area contributed by atoms with Gasteiger partial charge < -0.3 is 9.80 Å². The molecular formula is C17H23FN2O. The summed E-state index contributed by atoms with van der Waals surface area (Å²) in [5.41, 5.74) is 1.20. The van der Waals surface area contributed by atoms with E-state index in [1.807, 2.05) is 21.9 Å². The molecule has 2 amide bonds. The van der Waals surface area contributed by atoms with Crippen LogP contribution >= 0.6 is 0 Å². The van der Waals surface area contributed by atoms with Gasteiger partial charge in [-0.1, -0.05) is 12.1 Å². The molecule has 0 aromatic heterocycles. The molecule has 3 rings (SSSR count). The van der Waals surface area contributed by atoms with Gasteiger partial charge in [0.1, 0.15) is 5.82 Å². The van der Waals surface area contributed by atoms with E-state index in [-0.39, 0.29) is 11.8 Å². The maximum atomic E-state index is 13.0. The minimum absolute atomic E-state index is 0.184. The number of likely N-dealkylation sites (tertiary alicyclic amines) is 2. The van der Waals surface area contributed by atoms with Crippen molar-refractivity contribution in [2.45, 2.75) is 38.0 Å². The van der Waals surface area contributed by atoms with Crippen LogP contribution < -0.4 is 0 Å². The molecule has 114 valence electrons. The van der Waals surface area contributed by atoms with Gasteiger partial charge in [-0.3, -0.25) is 0 Å². The number of amides is 2. The van der Waals surface area contributed by atoms with E-state index < -0.39 is 0 Å². The molecule has 2 aliphatic heterocycles. The summed E-state index contributed by atoms with van der Waals surface area (Å²) in [7, 11) is 0. The Labute approximate surface area is 125 Å². The summed E-state index contributed by atoms with van der Waals surface area (Å²) < 4.78 is 13.0. The van der Waals surface area contributed by atoms with E-state index in [0.29, 0.717) is 5.92 Å². The van der Waals surface area contributed by atoms with E-state index in [9.17, 15) is 9.18 Å². The Morgan fingerprint density at radius 1 is 0.905 bits per heavy atom. The average Bonchev–Trinajstić information content (AvgIpc) is 2.56. The second kappa shape index (κ2) is 6.46. The van der Waals surface area contributed by atoms with Gasteiger partial charge in [-0.05, 0) is 55.7 Å². The van der Waals surface area contributed by atoms with Gasteiger partial charge in [-0.25, -0.2) is 9.18 Å². The van der Waals surface area contributed by atoms with Gasteiger partial charge in [0, 0.05) is 26.2 Å². The van der Waals surface area contributed by atoms with Crippen LogP contribution in [0, 0.1) is 5.82 Å². The molecule has 2 heterocycles. The van der Waals surface area contributed by atoms with E-state index >= 15 is 0 Å². The van der Waals surface area contributed by atoms with E-state index in [1.54, 1.807) is 0 Å². The molecule has 0 bridgehead atoms. The molecule has 2 saturated heterocycles. The second-order valence-corrected chi connectivity index (χ2v) is 6.14. The van der Waals surface area contributed by atoms with Crippen LogP contribution in [0.3, 0.4) is 0 Å². The zero-order chi connectivity index (χ0) is 14.7. The summed E-state index contributed by atoms with van der Waals surface area (Å²) in [5, 5.41) is 0. The van der Waals surface area contributed by atoms with Crippen molar-refractivity contribution in [3.8, 4) is 0 Å². The number of piperidine rings is 2. The lowest BCUT2D eigenvalue weighted by molar-refractivity contribution is 0.132. The number of carbonyl (C=O) groups is 1. The SMILES string of the molecule is O=C(N1CCCCC1)N1CCC(c2ccc(F)cc2)CC1. The topological polar surface area (TPSA) is 23.6 Å². The Balaban J connectivity index is 1.54. The maximum Gasteiger partial charge on any atom is 0.319 e. The number of benzene rings is 1. The number of hydrogen-bond donors (Lipinski definition) is 0. The third-order valence-electron chi connectivity index (χ3n) is 4.73. The summed E-state index contributed by atoms with van der Waals surface area (Å²) in [6.45, 7) is 3.46. The van der Waals surface area contributed by atoms with E-state index in [4.69, 9.17) is 0 Å². The Kier molecular flexibility index (Phi) is 4.42. The highest BCUT2D eigenvalue weighted by Gasteiger charge is 2.27. The van der Waals surface area contributed by atoms with Crippen molar-refractivity contribution < 1.29 is 9.18 Å². The van der Waals surface area contributed by atoms with E-state index in [2.05, 4.69) is 0 Å². The number of carbonyl (C=O) groups excluding carboxylic acids is 1. The second-order valence-electron chi connectivity index (χ2n) is 6.14. The third-order valence-corrected chi connectivity index (χ3v) is 4.73. The molecule has 0 aliphatic carbocycles. The quantitative estimate of drug-likeness (QED) is 0.775. The van der Waals surface area contributed by atoms with Crippen LogP contribution in [-0.2, 0) is 0 Å². The first-order valence-electron chi connectivity index (χ1n) is 8.03. The molecule has 1 aromatic carbocycles. The van der Waals surface area contributed by atoms with Crippen molar-refractivity contribution in [3.05, 3.63) is 35.6 Å². The maximum absolute atomic E-state index is 13.0. The third kappa shape index (κ3) is 3.36. The monoisotopic (exact) mass is 290 g/mol. The predicted molar refractivity (Wildman–Crippen MR) is 80.8 cm³/mol. The van der Waals surface area contributed by atoms with E-state index in [1.165, 1.54) is 24.1 Å². The molecule has 2 fully saturated rings. The molecule has 0 unspecified atom stereocenters. The molecule has 1 aromatic rings. The van der Waals surface area contributed by atoms with Crippen molar-refractivity contribution in [1.29, 1.82) is 0 Å². The van der Waals surface area contributed by atoms with Gasteiger partial charge in [0.15, 0.2) is 0 Å². The summed E-state index contributed by atoms with van der Waals surface area (Å²) in [6, 6.07) is 7.03. The zero-order valence-corrected chi connectivity index (χ0v) is 12.4. The number of nitrogens with zero attached hydrogens (tertiary/aromatic N) is 2. The number of rotatable bonds is 1. The highest BCUT2D eigenvalue weighted by atomic mass is 19.1. The highest BCUT2D eigenvalue weighted by Crippen LogP contribution is 2.28. The Morgan fingerprint density at radius 2 is 1.48 bits per heavy atom. The standard InChI is InChI=1S/C17H23FN2O/c18-16-6-4-14(5-7-16)15-8-12-20(13-9-15)17(21)19-10-2-1-3-11-19/h4-7,15H,1-3,8-13H2. The summed E-state index contributed by atoms with van der Waals surface area (Å²) in [4.78, 5) is 16.4. The van der Waals surface area contributed by atoms with Crippen LogP contribution in [0.4, 0.5) is 9.18 Å². The van der Waals surface area contributed by atoms with Crippen molar-refractivity contribution in [2.75, 3.05) is 26.2 Å². The van der Waals surface area contributed by atoms with Gasteiger partial charge in [-0.15, -0.1) is 0 Å². The first-order chi connectivity index (χ1) is 10.2. The minimum Gasteiger partial charge on any atom is -0.325 e. The Hall–Kier alpha value is -1.58.